The highest BCUT2D eigenvalue weighted by atomic mass is 19.4. The molecule has 0 atom stereocenters. The van der Waals surface area contributed by atoms with Crippen molar-refractivity contribution in [3.63, 3.8) is 0 Å². The molecule has 5 nitrogen and oxygen atoms in total. The maximum absolute atomic E-state index is 13.3. The van der Waals surface area contributed by atoms with E-state index in [2.05, 4.69) is 10.3 Å². The van der Waals surface area contributed by atoms with Crippen LogP contribution in [0.4, 0.5) is 18.9 Å². The first kappa shape index (κ1) is 19.9. The third-order valence-corrected chi connectivity index (χ3v) is 3.13. The summed E-state index contributed by atoms with van der Waals surface area (Å²) >= 11 is 0. The molecule has 0 saturated carbocycles. The first-order valence-electron chi connectivity index (χ1n) is 7.66. The molecule has 0 radical (unpaired) electrons. The van der Waals surface area contributed by atoms with E-state index in [0.717, 1.165) is 12.1 Å². The van der Waals surface area contributed by atoms with E-state index < -0.39 is 17.7 Å². The Bertz CT molecular complexity index is 591. The zero-order valence-corrected chi connectivity index (χ0v) is 14.4. The number of halogens is 3. The summed E-state index contributed by atoms with van der Waals surface area (Å²) in [5.41, 5.74) is -1.54. The second kappa shape index (κ2) is 8.12. The Labute approximate surface area is 139 Å². The van der Waals surface area contributed by atoms with Crippen molar-refractivity contribution in [1.82, 2.24) is 5.01 Å². The summed E-state index contributed by atoms with van der Waals surface area (Å²) in [6.07, 6.45) is -4.66. The minimum atomic E-state index is -4.66. The zero-order chi connectivity index (χ0) is 18.5. The molecule has 0 aliphatic heterocycles. The van der Waals surface area contributed by atoms with Crippen molar-refractivity contribution in [2.45, 2.75) is 52.9 Å². The Kier molecular flexibility index (Phi) is 6.74. The molecule has 134 valence electrons. The van der Waals surface area contributed by atoms with Gasteiger partial charge < -0.3 is 4.74 Å². The molecule has 0 aromatic heterocycles. The largest absolute Gasteiger partial charge is 0.462 e. The van der Waals surface area contributed by atoms with Crippen molar-refractivity contribution in [3.8, 4) is 0 Å². The number of hydrogen-bond donors (Lipinski definition) is 0. The summed E-state index contributed by atoms with van der Waals surface area (Å²) in [6, 6.07) is 3.08. The fraction of sp³-hybridized carbons (Fsp3) is 0.562. The lowest BCUT2D eigenvalue weighted by Crippen LogP contribution is -2.31. The van der Waals surface area contributed by atoms with E-state index in [9.17, 15) is 18.0 Å². The van der Waals surface area contributed by atoms with Gasteiger partial charge in [-0.05, 0) is 52.8 Å². The Morgan fingerprint density at radius 3 is 2.25 bits per heavy atom. The third kappa shape index (κ3) is 5.21. The molecule has 0 aliphatic rings. The van der Waals surface area contributed by atoms with Crippen LogP contribution < -0.4 is 0 Å². The molecule has 1 rings (SSSR count). The van der Waals surface area contributed by atoms with Crippen LogP contribution >= 0.6 is 0 Å². The molecule has 0 bridgehead atoms. The van der Waals surface area contributed by atoms with Gasteiger partial charge in [0, 0.05) is 12.1 Å². The van der Waals surface area contributed by atoms with Gasteiger partial charge in [-0.1, -0.05) is 5.22 Å². The highest BCUT2D eigenvalue weighted by Crippen LogP contribution is 2.37. The molecule has 8 heteroatoms. The molecule has 24 heavy (non-hydrogen) atoms. The van der Waals surface area contributed by atoms with Crippen LogP contribution in [0.15, 0.2) is 28.5 Å². The number of carbonyl (C=O) groups excluding carboxylic acids is 1. The lowest BCUT2D eigenvalue weighted by molar-refractivity contribution is -0.137. The molecular weight excluding hydrogens is 323 g/mol. The molecule has 0 unspecified atom stereocenters. The normalized spacial score (nSPS) is 12.2. The number of alkyl halides is 3. The summed E-state index contributed by atoms with van der Waals surface area (Å²) < 4.78 is 44.5. The summed E-state index contributed by atoms with van der Waals surface area (Å²) in [6.45, 7) is 9.14. The minimum absolute atomic E-state index is 0.0121. The maximum Gasteiger partial charge on any atom is 0.418 e. The molecule has 0 saturated heterocycles. The van der Waals surface area contributed by atoms with E-state index in [1.807, 2.05) is 27.7 Å². The van der Waals surface area contributed by atoms with Gasteiger partial charge >= 0.3 is 12.1 Å². The average molecular weight is 345 g/mol. The number of rotatable bonds is 6. The van der Waals surface area contributed by atoms with E-state index in [0.29, 0.717) is 0 Å². The predicted octanol–water partition coefficient (Wildman–Crippen LogP) is 5.00. The summed E-state index contributed by atoms with van der Waals surface area (Å²) in [4.78, 5) is 11.6. The number of ether oxygens (including phenoxy) is 1. The summed E-state index contributed by atoms with van der Waals surface area (Å²) in [5.74, 6) is -0.808. The topological polar surface area (TPSA) is 54.3 Å². The molecule has 1 aromatic rings. The van der Waals surface area contributed by atoms with E-state index >= 15 is 0 Å². The van der Waals surface area contributed by atoms with Gasteiger partial charge in [0.15, 0.2) is 0 Å². The monoisotopic (exact) mass is 345 g/mol. The van der Waals surface area contributed by atoms with Gasteiger partial charge in [0.05, 0.1) is 23.4 Å². The van der Waals surface area contributed by atoms with Gasteiger partial charge in [-0.25, -0.2) is 4.79 Å². The highest BCUT2D eigenvalue weighted by Gasteiger charge is 2.34. The number of carbonyl (C=O) groups is 1. The van der Waals surface area contributed by atoms with E-state index in [-0.39, 0.29) is 29.9 Å². The zero-order valence-electron chi connectivity index (χ0n) is 14.4. The van der Waals surface area contributed by atoms with Crippen molar-refractivity contribution in [3.05, 3.63) is 29.3 Å². The molecule has 0 aliphatic carbocycles. The fourth-order valence-corrected chi connectivity index (χ4v) is 2.09. The Hall–Kier alpha value is -2.12. The second-order valence-electron chi connectivity index (χ2n) is 5.71. The minimum Gasteiger partial charge on any atom is -0.462 e. The van der Waals surface area contributed by atoms with Crippen LogP contribution in [-0.2, 0) is 10.9 Å². The van der Waals surface area contributed by atoms with Crippen LogP contribution in [-0.4, -0.2) is 29.7 Å². The fourth-order valence-electron chi connectivity index (χ4n) is 2.09. The molecule has 0 amide bonds. The number of benzene rings is 1. The average Bonchev–Trinajstić information content (AvgIpc) is 2.46. The Morgan fingerprint density at radius 2 is 1.79 bits per heavy atom. The van der Waals surface area contributed by atoms with Crippen LogP contribution in [0.5, 0.6) is 0 Å². The van der Waals surface area contributed by atoms with Crippen LogP contribution in [0.25, 0.3) is 0 Å². The van der Waals surface area contributed by atoms with Crippen molar-refractivity contribution >= 4 is 11.7 Å². The van der Waals surface area contributed by atoms with Gasteiger partial charge in [-0.2, -0.15) is 13.2 Å². The van der Waals surface area contributed by atoms with Gasteiger partial charge in [0.25, 0.3) is 0 Å². The van der Waals surface area contributed by atoms with Gasteiger partial charge in [0.2, 0.25) is 0 Å². The lowest BCUT2D eigenvalue weighted by Gasteiger charge is -2.25. The van der Waals surface area contributed by atoms with E-state index in [4.69, 9.17) is 4.74 Å². The van der Waals surface area contributed by atoms with Crippen LogP contribution in [0.2, 0.25) is 0 Å². The van der Waals surface area contributed by atoms with E-state index in [1.165, 1.54) is 6.07 Å². The molecule has 1 aromatic carbocycles. The van der Waals surface area contributed by atoms with Gasteiger partial charge in [-0.3, -0.25) is 5.01 Å². The first-order valence-corrected chi connectivity index (χ1v) is 7.66. The predicted molar refractivity (Wildman–Crippen MR) is 84.0 cm³/mol. The Morgan fingerprint density at radius 1 is 1.21 bits per heavy atom. The van der Waals surface area contributed by atoms with Gasteiger partial charge in [0.1, 0.15) is 0 Å². The van der Waals surface area contributed by atoms with Crippen molar-refractivity contribution in [1.29, 1.82) is 0 Å². The highest BCUT2D eigenvalue weighted by molar-refractivity contribution is 5.90. The van der Waals surface area contributed by atoms with Crippen LogP contribution in [0.3, 0.4) is 0 Å². The molecular formula is C16H22F3N3O2. The quantitative estimate of drug-likeness (QED) is 0.414. The van der Waals surface area contributed by atoms with Crippen molar-refractivity contribution < 1.29 is 22.7 Å². The van der Waals surface area contributed by atoms with Crippen molar-refractivity contribution in [2.75, 3.05) is 6.61 Å². The number of esters is 1. The Balaban J connectivity index is 3.26. The molecule has 0 fully saturated rings. The number of hydrogen-bond acceptors (Lipinski definition) is 4. The summed E-state index contributed by atoms with van der Waals surface area (Å²) in [5, 5.41) is 9.26. The van der Waals surface area contributed by atoms with Crippen molar-refractivity contribution in [2.24, 2.45) is 10.3 Å². The lowest BCUT2D eigenvalue weighted by atomic mass is 10.1. The smallest absolute Gasteiger partial charge is 0.418 e. The number of nitrogens with zero attached hydrogens (tertiary/aromatic N) is 3. The second-order valence-corrected chi connectivity index (χ2v) is 5.71. The van der Waals surface area contributed by atoms with Crippen LogP contribution in [0, 0.1) is 0 Å². The van der Waals surface area contributed by atoms with E-state index in [1.54, 1.807) is 11.9 Å². The van der Waals surface area contributed by atoms with Gasteiger partial charge in [-0.15, -0.1) is 5.11 Å². The third-order valence-electron chi connectivity index (χ3n) is 3.13. The standard InChI is InChI=1S/C16H22F3N3O2/c1-6-24-15(23)12-7-8-14(13(9-12)16(17,18)19)20-21-22(10(2)3)11(4)5/h7-11H,6H2,1-5H3. The van der Waals surface area contributed by atoms with Crippen LogP contribution in [0.1, 0.15) is 50.5 Å². The molecule has 0 spiro atoms. The first-order chi connectivity index (χ1) is 11.1. The molecule has 0 heterocycles. The SMILES string of the molecule is CCOC(=O)c1ccc(N=NN(C(C)C)C(C)C)c(C(F)(F)F)c1. The summed E-state index contributed by atoms with van der Waals surface area (Å²) in [7, 11) is 0. The maximum atomic E-state index is 13.3. The molecule has 0 N–H and O–H groups in total.